The summed E-state index contributed by atoms with van der Waals surface area (Å²) in [5.41, 5.74) is 3.97. The number of nitrogens with one attached hydrogen (secondary N) is 1. The van der Waals surface area contributed by atoms with Gasteiger partial charge in [-0.25, -0.2) is 0 Å². The van der Waals surface area contributed by atoms with E-state index in [1.165, 1.54) is 26.6 Å². The largest absolute Gasteiger partial charge is 0.467 e. The van der Waals surface area contributed by atoms with Crippen molar-refractivity contribution in [2.24, 2.45) is 4.99 Å². The van der Waals surface area contributed by atoms with Gasteiger partial charge in [0.1, 0.15) is 11.6 Å². The van der Waals surface area contributed by atoms with Crippen LogP contribution in [0.1, 0.15) is 80.5 Å². The molecule has 1 N–H and O–H groups in total. The number of amidine groups is 1. The van der Waals surface area contributed by atoms with Crippen LogP contribution in [-0.2, 0) is 13.0 Å². The van der Waals surface area contributed by atoms with Crippen molar-refractivity contribution in [2.45, 2.75) is 80.7 Å². The molecule has 0 aliphatic rings. The van der Waals surface area contributed by atoms with E-state index in [9.17, 15) is 0 Å². The third kappa shape index (κ3) is 6.69. The van der Waals surface area contributed by atoms with Gasteiger partial charge in [-0.2, -0.15) is 0 Å². The van der Waals surface area contributed by atoms with E-state index in [1.807, 2.05) is 37.3 Å². The van der Waals surface area contributed by atoms with E-state index in [-0.39, 0.29) is 0 Å². The summed E-state index contributed by atoms with van der Waals surface area (Å²) in [5.74, 6) is 1.85. The van der Waals surface area contributed by atoms with Gasteiger partial charge in [-0.05, 0) is 56.4 Å². The highest BCUT2D eigenvalue weighted by atomic mass is 32.1. The fraction of sp³-hybridized carbons (Fsp3) is 0.522. The third-order valence-corrected chi connectivity index (χ3v) is 5.94. The van der Waals surface area contributed by atoms with E-state index < -0.39 is 0 Å². The quantitative estimate of drug-likeness (QED) is 0.384. The Morgan fingerprint density at radius 3 is 2.44 bits per heavy atom. The number of hydrogen-bond donors (Lipinski definition) is 1. The molecule has 2 aromatic heterocycles. The summed E-state index contributed by atoms with van der Waals surface area (Å²) in [4.78, 5) is 7.55. The lowest BCUT2D eigenvalue weighted by Gasteiger charge is -2.12. The van der Waals surface area contributed by atoms with Gasteiger partial charge in [0.2, 0.25) is 0 Å². The maximum atomic E-state index is 5.45. The monoisotopic (exact) mass is 388 g/mol. The molecule has 0 amide bonds. The Kier molecular flexibility index (Phi) is 10.8. The summed E-state index contributed by atoms with van der Waals surface area (Å²) in [6.07, 6.45) is 8.27. The van der Waals surface area contributed by atoms with Crippen molar-refractivity contribution in [3.63, 3.8) is 0 Å². The minimum atomic E-state index is 0.554. The number of allylic oxidation sites excluding steroid dienone is 2. The summed E-state index contributed by atoms with van der Waals surface area (Å²) in [7, 11) is 0. The number of thiophene rings is 1. The fourth-order valence-electron chi connectivity index (χ4n) is 2.70. The standard InChI is InChI=1S/C21H30N2OS.C2H6/c1-6-9-11-17(7-2)23-21(22-14-18-12-10-13-24-18)20-16(5)15(4)19(8-3)25-20;1-2/h10-13H,6-9,14H2,1-5H3,(H,22,23);1-2H3/b17-11+;. The summed E-state index contributed by atoms with van der Waals surface area (Å²) in [6.45, 7) is 15.6. The fourth-order valence-corrected chi connectivity index (χ4v) is 3.92. The van der Waals surface area contributed by atoms with Crippen molar-refractivity contribution >= 4 is 17.2 Å². The van der Waals surface area contributed by atoms with Gasteiger partial charge in [0, 0.05) is 10.6 Å². The smallest absolute Gasteiger partial charge is 0.143 e. The molecule has 2 aromatic rings. The normalized spacial score (nSPS) is 12.0. The van der Waals surface area contributed by atoms with E-state index in [0.717, 1.165) is 37.3 Å². The van der Waals surface area contributed by atoms with Crippen LogP contribution in [0.3, 0.4) is 0 Å². The van der Waals surface area contributed by atoms with Gasteiger partial charge in [-0.1, -0.05) is 47.1 Å². The number of nitrogens with zero attached hydrogens (tertiary/aromatic N) is 1. The predicted octanol–water partition coefficient (Wildman–Crippen LogP) is 7.18. The Labute approximate surface area is 169 Å². The number of furan rings is 1. The molecule has 2 heterocycles. The second-order valence-corrected chi connectivity index (χ2v) is 7.30. The molecule has 0 atom stereocenters. The van der Waals surface area contributed by atoms with Gasteiger partial charge in [0.15, 0.2) is 0 Å². The Morgan fingerprint density at radius 2 is 1.93 bits per heavy atom. The Hall–Kier alpha value is -1.81. The Balaban J connectivity index is 0.00000176. The van der Waals surface area contributed by atoms with Gasteiger partial charge in [0.25, 0.3) is 0 Å². The Morgan fingerprint density at radius 1 is 1.19 bits per heavy atom. The second kappa shape index (κ2) is 12.6. The minimum absolute atomic E-state index is 0.554. The first kappa shape index (κ1) is 23.2. The van der Waals surface area contributed by atoms with Crippen LogP contribution in [-0.4, -0.2) is 5.84 Å². The molecule has 0 aliphatic carbocycles. The predicted molar refractivity (Wildman–Crippen MR) is 120 cm³/mol. The molecular weight excluding hydrogens is 352 g/mol. The molecule has 3 nitrogen and oxygen atoms in total. The topological polar surface area (TPSA) is 37.5 Å². The molecule has 0 aliphatic heterocycles. The number of aliphatic imine (C=N–C) groups is 1. The first-order chi connectivity index (χ1) is 13.1. The molecule has 0 spiro atoms. The highest BCUT2D eigenvalue weighted by molar-refractivity contribution is 7.14. The lowest BCUT2D eigenvalue weighted by molar-refractivity contribution is 0.512. The van der Waals surface area contributed by atoms with Crippen LogP contribution in [0.2, 0.25) is 0 Å². The molecule has 2 rings (SSSR count). The first-order valence-electron chi connectivity index (χ1n) is 10.2. The molecular formula is C23H36N2OS. The Bertz CT molecular complexity index is 724. The summed E-state index contributed by atoms with van der Waals surface area (Å²) < 4.78 is 5.45. The lowest BCUT2D eigenvalue weighted by atomic mass is 10.1. The maximum Gasteiger partial charge on any atom is 0.143 e. The van der Waals surface area contributed by atoms with Crippen molar-refractivity contribution in [1.29, 1.82) is 0 Å². The second-order valence-electron chi connectivity index (χ2n) is 6.20. The van der Waals surface area contributed by atoms with Crippen molar-refractivity contribution in [1.82, 2.24) is 5.32 Å². The van der Waals surface area contributed by atoms with Gasteiger partial charge >= 0.3 is 0 Å². The van der Waals surface area contributed by atoms with E-state index in [4.69, 9.17) is 9.41 Å². The van der Waals surface area contributed by atoms with Crippen LogP contribution >= 0.6 is 11.3 Å². The van der Waals surface area contributed by atoms with Crippen LogP contribution in [0, 0.1) is 13.8 Å². The van der Waals surface area contributed by atoms with Gasteiger partial charge in [-0.3, -0.25) is 4.99 Å². The molecule has 0 aromatic carbocycles. The van der Waals surface area contributed by atoms with Gasteiger partial charge in [0.05, 0.1) is 17.7 Å². The van der Waals surface area contributed by atoms with Crippen LogP contribution in [0.15, 0.2) is 39.6 Å². The van der Waals surface area contributed by atoms with E-state index in [1.54, 1.807) is 6.26 Å². The van der Waals surface area contributed by atoms with Gasteiger partial charge in [-0.15, -0.1) is 11.3 Å². The zero-order valence-corrected chi connectivity index (χ0v) is 18.9. The molecule has 150 valence electrons. The SMILES string of the molecule is CC.CCC/C=C(\CC)NC(=NCc1ccco1)c1sc(CC)c(C)c1C. The summed E-state index contributed by atoms with van der Waals surface area (Å²) >= 11 is 1.86. The molecule has 0 bridgehead atoms. The average Bonchev–Trinajstić information content (AvgIpc) is 3.32. The molecule has 27 heavy (non-hydrogen) atoms. The highest BCUT2D eigenvalue weighted by Crippen LogP contribution is 2.28. The molecule has 0 saturated heterocycles. The van der Waals surface area contributed by atoms with Crippen molar-refractivity contribution in [2.75, 3.05) is 0 Å². The molecule has 0 fully saturated rings. The average molecular weight is 389 g/mol. The van der Waals surface area contributed by atoms with Crippen molar-refractivity contribution < 1.29 is 4.42 Å². The number of aryl methyl sites for hydroxylation is 1. The first-order valence-corrected chi connectivity index (χ1v) is 11.0. The number of rotatable bonds is 8. The van der Waals surface area contributed by atoms with Crippen LogP contribution in [0.25, 0.3) is 0 Å². The van der Waals surface area contributed by atoms with E-state index >= 15 is 0 Å². The number of unbranched alkanes of at least 4 members (excludes halogenated alkanes) is 1. The zero-order chi connectivity index (χ0) is 20.2. The third-order valence-electron chi connectivity index (χ3n) is 4.40. The van der Waals surface area contributed by atoms with Crippen LogP contribution in [0.5, 0.6) is 0 Å². The molecule has 4 heteroatoms. The van der Waals surface area contributed by atoms with E-state index in [2.05, 4.69) is 46.0 Å². The minimum Gasteiger partial charge on any atom is -0.467 e. The lowest BCUT2D eigenvalue weighted by Crippen LogP contribution is -2.24. The van der Waals surface area contributed by atoms with Crippen LogP contribution in [0.4, 0.5) is 0 Å². The van der Waals surface area contributed by atoms with Crippen molar-refractivity contribution in [3.8, 4) is 0 Å². The summed E-state index contributed by atoms with van der Waals surface area (Å²) in [5, 5.41) is 3.60. The molecule has 0 radical (unpaired) electrons. The maximum absolute atomic E-state index is 5.45. The van der Waals surface area contributed by atoms with E-state index in [0.29, 0.717) is 6.54 Å². The summed E-state index contributed by atoms with van der Waals surface area (Å²) in [6, 6.07) is 3.88. The van der Waals surface area contributed by atoms with Crippen LogP contribution < -0.4 is 5.32 Å². The van der Waals surface area contributed by atoms with Gasteiger partial charge < -0.3 is 9.73 Å². The number of hydrogen-bond acceptors (Lipinski definition) is 3. The molecule has 0 saturated carbocycles. The zero-order valence-electron chi connectivity index (χ0n) is 18.1. The highest BCUT2D eigenvalue weighted by Gasteiger charge is 2.16. The molecule has 0 unspecified atom stereocenters. The van der Waals surface area contributed by atoms with Crippen molar-refractivity contribution in [3.05, 3.63) is 56.8 Å².